The summed E-state index contributed by atoms with van der Waals surface area (Å²) in [5, 5.41) is 10.5. The van der Waals surface area contributed by atoms with E-state index in [0.29, 0.717) is 30.2 Å². The van der Waals surface area contributed by atoms with Crippen molar-refractivity contribution in [1.29, 1.82) is 0 Å². The predicted molar refractivity (Wildman–Crippen MR) is 101 cm³/mol. The van der Waals surface area contributed by atoms with Crippen LogP contribution in [0, 0.1) is 0 Å². The monoisotopic (exact) mass is 366 g/mol. The van der Waals surface area contributed by atoms with Crippen LogP contribution in [0.2, 0.25) is 0 Å². The average Bonchev–Trinajstić information content (AvgIpc) is 3.25. The summed E-state index contributed by atoms with van der Waals surface area (Å²) < 4.78 is 12.9. The van der Waals surface area contributed by atoms with Gasteiger partial charge in [0.25, 0.3) is 5.91 Å². The molecule has 1 N–H and O–H groups in total. The maximum absolute atomic E-state index is 12.6. The highest BCUT2D eigenvalue weighted by Gasteiger charge is 2.13. The number of ether oxygens (including phenoxy) is 2. The number of nitrogens with one attached hydrogen (secondary N) is 1. The first-order chi connectivity index (χ1) is 13.2. The minimum absolute atomic E-state index is 0.172. The van der Waals surface area contributed by atoms with Gasteiger partial charge < -0.3 is 14.8 Å². The van der Waals surface area contributed by atoms with Crippen LogP contribution in [0.4, 0.5) is 0 Å². The lowest BCUT2D eigenvalue weighted by Gasteiger charge is -2.15. The maximum atomic E-state index is 12.6. The van der Waals surface area contributed by atoms with Gasteiger partial charge in [0.15, 0.2) is 11.5 Å². The molecule has 0 saturated carbocycles. The van der Waals surface area contributed by atoms with Crippen molar-refractivity contribution in [2.45, 2.75) is 19.9 Å². The Morgan fingerprint density at radius 2 is 1.93 bits per heavy atom. The smallest absolute Gasteiger partial charge is 0.251 e. The molecule has 0 aliphatic heterocycles. The summed E-state index contributed by atoms with van der Waals surface area (Å²) in [5.41, 5.74) is 2.24. The first-order valence-electron chi connectivity index (χ1n) is 8.75. The fourth-order valence-corrected chi connectivity index (χ4v) is 2.65. The van der Waals surface area contributed by atoms with E-state index in [0.717, 1.165) is 17.7 Å². The topological polar surface area (TPSA) is 78.3 Å². The Balaban J connectivity index is 1.73. The van der Waals surface area contributed by atoms with E-state index in [9.17, 15) is 4.79 Å². The summed E-state index contributed by atoms with van der Waals surface area (Å²) in [6, 6.07) is 12.9. The molecule has 2 aromatic carbocycles. The molecule has 0 spiro atoms. The third kappa shape index (κ3) is 4.44. The zero-order chi connectivity index (χ0) is 19.1. The van der Waals surface area contributed by atoms with E-state index in [1.807, 2.05) is 37.3 Å². The van der Waals surface area contributed by atoms with E-state index in [4.69, 9.17) is 9.47 Å². The SMILES string of the molecule is CCCOc1c(CNC(=O)c2cccc(-n3cnnc3)c2)cccc1OC. The molecule has 0 aliphatic carbocycles. The standard InChI is InChI=1S/C20H22N4O3/c1-3-10-27-19-16(7-5-9-18(19)26-2)12-21-20(25)15-6-4-8-17(11-15)24-13-22-23-14-24/h4-9,11,13-14H,3,10,12H2,1-2H3,(H,21,25). The summed E-state index contributed by atoms with van der Waals surface area (Å²) >= 11 is 0. The van der Waals surface area contributed by atoms with Crippen molar-refractivity contribution in [3.63, 3.8) is 0 Å². The van der Waals surface area contributed by atoms with Gasteiger partial charge in [-0.3, -0.25) is 9.36 Å². The minimum atomic E-state index is -0.172. The Hall–Kier alpha value is -3.35. The summed E-state index contributed by atoms with van der Waals surface area (Å²) in [5.74, 6) is 1.15. The Labute approximate surface area is 158 Å². The number of amides is 1. The van der Waals surface area contributed by atoms with Gasteiger partial charge in [0, 0.05) is 23.4 Å². The number of hydrogen-bond acceptors (Lipinski definition) is 5. The molecule has 0 atom stereocenters. The van der Waals surface area contributed by atoms with Gasteiger partial charge in [-0.05, 0) is 30.7 Å². The lowest BCUT2D eigenvalue weighted by atomic mass is 10.1. The summed E-state index contributed by atoms with van der Waals surface area (Å²) in [6.45, 7) is 2.97. The summed E-state index contributed by atoms with van der Waals surface area (Å²) in [4.78, 5) is 12.6. The first kappa shape index (κ1) is 18.4. The Morgan fingerprint density at radius 1 is 1.15 bits per heavy atom. The van der Waals surface area contributed by atoms with Crippen LogP contribution in [-0.2, 0) is 6.54 Å². The highest BCUT2D eigenvalue weighted by Crippen LogP contribution is 2.31. The quantitative estimate of drug-likeness (QED) is 0.663. The molecule has 1 aromatic heterocycles. The second-order valence-corrected chi connectivity index (χ2v) is 5.90. The molecule has 0 bridgehead atoms. The van der Waals surface area contributed by atoms with Crippen molar-refractivity contribution < 1.29 is 14.3 Å². The number of methoxy groups -OCH3 is 1. The average molecular weight is 366 g/mol. The zero-order valence-corrected chi connectivity index (χ0v) is 15.4. The molecule has 3 aromatic rings. The van der Waals surface area contributed by atoms with Gasteiger partial charge in [-0.15, -0.1) is 10.2 Å². The molecule has 0 unspecified atom stereocenters. The Bertz CT molecular complexity index is 894. The van der Waals surface area contributed by atoms with Crippen molar-refractivity contribution in [2.75, 3.05) is 13.7 Å². The van der Waals surface area contributed by atoms with Crippen molar-refractivity contribution in [1.82, 2.24) is 20.1 Å². The highest BCUT2D eigenvalue weighted by molar-refractivity contribution is 5.94. The van der Waals surface area contributed by atoms with Crippen LogP contribution in [-0.4, -0.2) is 34.4 Å². The minimum Gasteiger partial charge on any atom is -0.493 e. The number of para-hydroxylation sites is 1. The van der Waals surface area contributed by atoms with Gasteiger partial charge in [-0.1, -0.05) is 25.1 Å². The molecule has 7 heteroatoms. The molecular formula is C20H22N4O3. The molecule has 1 heterocycles. The van der Waals surface area contributed by atoms with Crippen LogP contribution >= 0.6 is 0 Å². The van der Waals surface area contributed by atoms with E-state index in [1.54, 1.807) is 36.5 Å². The molecule has 1 amide bonds. The molecule has 0 aliphatic rings. The van der Waals surface area contributed by atoms with Gasteiger partial charge in [-0.25, -0.2) is 0 Å². The number of carbonyl (C=O) groups excluding carboxylic acids is 1. The van der Waals surface area contributed by atoms with E-state index < -0.39 is 0 Å². The Morgan fingerprint density at radius 3 is 2.67 bits per heavy atom. The second kappa shape index (κ2) is 8.84. The maximum Gasteiger partial charge on any atom is 0.251 e. The van der Waals surface area contributed by atoms with E-state index >= 15 is 0 Å². The molecule has 140 valence electrons. The van der Waals surface area contributed by atoms with Gasteiger partial charge in [0.1, 0.15) is 12.7 Å². The van der Waals surface area contributed by atoms with Gasteiger partial charge in [0.05, 0.1) is 13.7 Å². The van der Waals surface area contributed by atoms with Gasteiger partial charge in [0.2, 0.25) is 0 Å². The van der Waals surface area contributed by atoms with E-state index in [2.05, 4.69) is 15.5 Å². The number of benzene rings is 2. The number of carbonyl (C=O) groups is 1. The fraction of sp³-hybridized carbons (Fsp3) is 0.250. The molecule has 0 radical (unpaired) electrons. The molecule has 0 saturated heterocycles. The largest absolute Gasteiger partial charge is 0.493 e. The summed E-state index contributed by atoms with van der Waals surface area (Å²) in [7, 11) is 1.60. The second-order valence-electron chi connectivity index (χ2n) is 5.90. The van der Waals surface area contributed by atoms with Crippen LogP contribution in [0.1, 0.15) is 29.3 Å². The van der Waals surface area contributed by atoms with Crippen LogP contribution < -0.4 is 14.8 Å². The number of nitrogens with zero attached hydrogens (tertiary/aromatic N) is 3. The molecule has 3 rings (SSSR count). The molecule has 0 fully saturated rings. The van der Waals surface area contributed by atoms with Crippen molar-refractivity contribution >= 4 is 5.91 Å². The van der Waals surface area contributed by atoms with Crippen molar-refractivity contribution in [2.24, 2.45) is 0 Å². The van der Waals surface area contributed by atoms with Crippen LogP contribution in [0.15, 0.2) is 55.1 Å². The highest BCUT2D eigenvalue weighted by atomic mass is 16.5. The molecular weight excluding hydrogens is 344 g/mol. The van der Waals surface area contributed by atoms with Crippen LogP contribution in [0.3, 0.4) is 0 Å². The fourth-order valence-electron chi connectivity index (χ4n) is 2.65. The number of rotatable bonds is 8. The van der Waals surface area contributed by atoms with Gasteiger partial charge in [-0.2, -0.15) is 0 Å². The normalized spacial score (nSPS) is 10.4. The molecule has 27 heavy (non-hydrogen) atoms. The van der Waals surface area contributed by atoms with Crippen molar-refractivity contribution in [3.05, 3.63) is 66.2 Å². The molecule has 7 nitrogen and oxygen atoms in total. The zero-order valence-electron chi connectivity index (χ0n) is 15.4. The van der Waals surface area contributed by atoms with Crippen molar-refractivity contribution in [3.8, 4) is 17.2 Å². The van der Waals surface area contributed by atoms with Gasteiger partial charge >= 0.3 is 0 Å². The van der Waals surface area contributed by atoms with Crippen LogP contribution in [0.5, 0.6) is 11.5 Å². The third-order valence-electron chi connectivity index (χ3n) is 4.00. The van der Waals surface area contributed by atoms with E-state index in [-0.39, 0.29) is 5.91 Å². The number of aromatic nitrogens is 3. The summed E-state index contributed by atoms with van der Waals surface area (Å²) in [6.07, 6.45) is 4.06. The third-order valence-corrected chi connectivity index (χ3v) is 4.00. The predicted octanol–water partition coefficient (Wildman–Crippen LogP) is 2.99. The number of hydrogen-bond donors (Lipinski definition) is 1. The van der Waals surface area contributed by atoms with E-state index in [1.165, 1.54) is 0 Å². The first-order valence-corrected chi connectivity index (χ1v) is 8.75. The lowest BCUT2D eigenvalue weighted by molar-refractivity contribution is 0.0950. The lowest BCUT2D eigenvalue weighted by Crippen LogP contribution is -2.23. The van der Waals surface area contributed by atoms with Crippen LogP contribution in [0.25, 0.3) is 5.69 Å². The Kier molecular flexibility index (Phi) is 6.04.